The zero-order valence-electron chi connectivity index (χ0n) is 22.6. The summed E-state index contributed by atoms with van der Waals surface area (Å²) in [4.78, 5) is 28.1. The molecule has 3 aromatic carbocycles. The molecule has 0 unspecified atom stereocenters. The number of furan rings is 1. The normalized spacial score (nSPS) is 14.2. The molecule has 1 aliphatic rings. The number of halogens is 1. The summed E-state index contributed by atoms with van der Waals surface area (Å²) in [5.41, 5.74) is 9.87. The van der Waals surface area contributed by atoms with Crippen LogP contribution in [0.25, 0.3) is 33.4 Å². The number of hydrogen-bond acceptors (Lipinski definition) is 5. The first-order chi connectivity index (χ1) is 19.2. The fraction of sp³-hybridized carbons (Fsp3) is 0.188. The second-order valence-corrected chi connectivity index (χ2v) is 11.3. The molecule has 0 radical (unpaired) electrons. The first-order valence-corrected chi connectivity index (χ1v) is 13.7. The summed E-state index contributed by atoms with van der Waals surface area (Å²) in [5, 5.41) is 6.48. The zero-order valence-corrected chi connectivity index (χ0v) is 23.4. The van der Waals surface area contributed by atoms with E-state index < -0.39 is 5.54 Å². The molecule has 1 aliphatic carbocycles. The fourth-order valence-electron chi connectivity index (χ4n) is 4.71. The largest absolute Gasteiger partial charge is 0.455 e. The molecule has 1 fully saturated rings. The number of thioether (sulfide) groups is 1. The first kappa shape index (κ1) is 27.3. The molecule has 4 aromatic rings. The summed E-state index contributed by atoms with van der Waals surface area (Å²) in [7, 11) is 1.55. The predicted octanol–water partition coefficient (Wildman–Crippen LogP) is 6.90. The highest BCUT2D eigenvalue weighted by Crippen LogP contribution is 2.48. The Hall–Kier alpha value is -4.30. The Labute approximate surface area is 236 Å². The fourth-order valence-corrected chi connectivity index (χ4v) is 5.62. The number of carbonyl (C=O) groups is 2. The first-order valence-electron chi connectivity index (χ1n) is 12.9. The van der Waals surface area contributed by atoms with Crippen molar-refractivity contribution in [3.8, 4) is 22.5 Å². The van der Waals surface area contributed by atoms with E-state index in [4.69, 9.17) is 10.2 Å². The number of amides is 2. The minimum absolute atomic E-state index is 0.177. The molecule has 204 valence electrons. The topological polar surface area (TPSA) is 97.4 Å². The number of carbonyl (C=O) groups excluding carboxylic acids is 2. The van der Waals surface area contributed by atoms with Crippen LogP contribution in [-0.2, 0) is 0 Å². The lowest BCUT2D eigenvalue weighted by atomic mass is 9.95. The van der Waals surface area contributed by atoms with E-state index in [0.717, 1.165) is 39.3 Å². The molecule has 1 saturated carbocycles. The lowest BCUT2D eigenvalue weighted by Gasteiger charge is -2.20. The standard InChI is InChI=1S/C32H30FN3O3S/c1-18-5-6-23(30(37)36-32(13-14-32)20(3)40-19(2)17-34)16-25(18)22-9-12-27-26(15-22)28(31(38)35-4)29(39-27)21-7-10-24(33)11-8-21/h5-12,15-17H,3,13-14,34H2,1-2,4H3,(H,35,38)(H,36,37)/b19-17-. The smallest absolute Gasteiger partial charge is 0.255 e. The minimum atomic E-state index is -0.439. The van der Waals surface area contributed by atoms with Gasteiger partial charge < -0.3 is 20.8 Å². The summed E-state index contributed by atoms with van der Waals surface area (Å²) in [6.07, 6.45) is 3.20. The molecule has 8 heteroatoms. The quantitative estimate of drug-likeness (QED) is 0.220. The van der Waals surface area contributed by atoms with Crippen molar-refractivity contribution in [2.75, 3.05) is 7.05 Å². The van der Waals surface area contributed by atoms with Crippen molar-refractivity contribution in [2.24, 2.45) is 5.73 Å². The summed E-state index contributed by atoms with van der Waals surface area (Å²) < 4.78 is 19.6. The Balaban J connectivity index is 1.51. The van der Waals surface area contributed by atoms with Gasteiger partial charge in [0, 0.05) is 39.6 Å². The molecule has 2 amide bonds. The lowest BCUT2D eigenvalue weighted by Crippen LogP contribution is -2.37. The van der Waals surface area contributed by atoms with E-state index in [1.54, 1.807) is 19.2 Å². The maximum Gasteiger partial charge on any atom is 0.255 e. The predicted molar refractivity (Wildman–Crippen MR) is 159 cm³/mol. The molecule has 6 nitrogen and oxygen atoms in total. The Bertz CT molecular complexity index is 1680. The third kappa shape index (κ3) is 5.14. The number of aryl methyl sites for hydroxylation is 1. The van der Waals surface area contributed by atoms with Gasteiger partial charge in [0.2, 0.25) is 0 Å². The number of allylic oxidation sites excluding steroid dienone is 1. The highest BCUT2D eigenvalue weighted by molar-refractivity contribution is 8.06. The van der Waals surface area contributed by atoms with Gasteiger partial charge in [-0.3, -0.25) is 9.59 Å². The monoisotopic (exact) mass is 555 g/mol. The van der Waals surface area contributed by atoms with Crippen molar-refractivity contribution < 1.29 is 18.4 Å². The highest BCUT2D eigenvalue weighted by atomic mass is 32.2. The van der Waals surface area contributed by atoms with E-state index in [1.807, 2.05) is 50.2 Å². The van der Waals surface area contributed by atoms with E-state index in [2.05, 4.69) is 17.2 Å². The van der Waals surface area contributed by atoms with Gasteiger partial charge in [-0.2, -0.15) is 0 Å². The molecule has 5 rings (SSSR count). The molecule has 0 bridgehead atoms. The van der Waals surface area contributed by atoms with E-state index in [0.29, 0.717) is 33.4 Å². The second-order valence-electron chi connectivity index (χ2n) is 9.97. The summed E-state index contributed by atoms with van der Waals surface area (Å²) in [6, 6.07) is 17.0. The molecule has 1 heterocycles. The Morgan fingerprint density at radius 3 is 2.40 bits per heavy atom. The van der Waals surface area contributed by atoms with Crippen molar-refractivity contribution >= 4 is 34.5 Å². The number of rotatable bonds is 8. The maximum absolute atomic E-state index is 13.5. The van der Waals surface area contributed by atoms with Crippen LogP contribution in [0.4, 0.5) is 4.39 Å². The van der Waals surface area contributed by atoms with Crippen LogP contribution in [0, 0.1) is 12.7 Å². The Kier molecular flexibility index (Phi) is 7.29. The maximum atomic E-state index is 13.5. The van der Waals surface area contributed by atoms with Crippen LogP contribution < -0.4 is 16.4 Å². The van der Waals surface area contributed by atoms with Crippen molar-refractivity contribution in [1.29, 1.82) is 0 Å². The third-order valence-corrected chi connectivity index (χ3v) is 8.31. The van der Waals surface area contributed by atoms with Crippen LogP contribution in [0.5, 0.6) is 0 Å². The summed E-state index contributed by atoms with van der Waals surface area (Å²) in [6.45, 7) is 8.07. The Morgan fingerprint density at radius 2 is 1.75 bits per heavy atom. The van der Waals surface area contributed by atoms with Crippen LogP contribution in [0.1, 0.15) is 46.0 Å². The van der Waals surface area contributed by atoms with Gasteiger partial charge in [-0.15, -0.1) is 0 Å². The third-order valence-electron chi connectivity index (χ3n) is 7.21. The molecule has 0 atom stereocenters. The van der Waals surface area contributed by atoms with Gasteiger partial charge in [0.25, 0.3) is 11.8 Å². The van der Waals surface area contributed by atoms with Crippen LogP contribution in [0.15, 0.2) is 87.7 Å². The van der Waals surface area contributed by atoms with Crippen molar-refractivity contribution in [1.82, 2.24) is 10.6 Å². The van der Waals surface area contributed by atoms with Gasteiger partial charge in [-0.1, -0.05) is 30.5 Å². The van der Waals surface area contributed by atoms with Crippen molar-refractivity contribution in [3.63, 3.8) is 0 Å². The molecule has 0 spiro atoms. The number of benzene rings is 3. The Morgan fingerprint density at radius 1 is 1.05 bits per heavy atom. The average Bonchev–Trinajstić information content (AvgIpc) is 3.64. The van der Waals surface area contributed by atoms with Crippen molar-refractivity contribution in [2.45, 2.75) is 32.2 Å². The minimum Gasteiger partial charge on any atom is -0.455 e. The van der Waals surface area contributed by atoms with Gasteiger partial charge in [-0.25, -0.2) is 4.39 Å². The van der Waals surface area contributed by atoms with Crippen LogP contribution >= 0.6 is 11.8 Å². The van der Waals surface area contributed by atoms with Gasteiger partial charge in [0.15, 0.2) is 0 Å². The van der Waals surface area contributed by atoms with E-state index >= 15 is 0 Å². The highest BCUT2D eigenvalue weighted by Gasteiger charge is 2.47. The van der Waals surface area contributed by atoms with Gasteiger partial charge >= 0.3 is 0 Å². The molecule has 0 saturated heterocycles. The van der Waals surface area contributed by atoms with Gasteiger partial charge in [0.1, 0.15) is 17.2 Å². The van der Waals surface area contributed by atoms with E-state index in [9.17, 15) is 14.0 Å². The molecular weight excluding hydrogens is 525 g/mol. The summed E-state index contributed by atoms with van der Waals surface area (Å²) >= 11 is 1.48. The average molecular weight is 556 g/mol. The zero-order chi connectivity index (χ0) is 28.6. The van der Waals surface area contributed by atoms with Crippen LogP contribution in [0.2, 0.25) is 0 Å². The molecule has 1 aromatic heterocycles. The second kappa shape index (κ2) is 10.7. The molecule has 0 aliphatic heterocycles. The van der Waals surface area contributed by atoms with Gasteiger partial charge in [-0.05, 0) is 91.9 Å². The molecule has 4 N–H and O–H groups in total. The van der Waals surface area contributed by atoms with E-state index in [-0.39, 0.29) is 17.6 Å². The SMILES string of the molecule is C=C(S/C(C)=C\N)C1(NC(=O)c2ccc(C)c(-c3ccc4oc(-c5ccc(F)cc5)c(C(=O)NC)c4c3)c2)CC1. The number of nitrogens with two attached hydrogens (primary N) is 1. The van der Waals surface area contributed by atoms with Crippen LogP contribution in [-0.4, -0.2) is 24.4 Å². The van der Waals surface area contributed by atoms with Crippen LogP contribution in [0.3, 0.4) is 0 Å². The van der Waals surface area contributed by atoms with Gasteiger partial charge in [0.05, 0.1) is 11.1 Å². The number of fused-ring (bicyclic) bond motifs is 1. The number of nitrogens with one attached hydrogen (secondary N) is 2. The van der Waals surface area contributed by atoms with E-state index in [1.165, 1.54) is 30.1 Å². The lowest BCUT2D eigenvalue weighted by molar-refractivity contribution is 0.0937. The molecular formula is C32H30FN3O3S. The van der Waals surface area contributed by atoms with Crippen molar-refractivity contribution in [3.05, 3.63) is 106 Å². The molecule has 40 heavy (non-hydrogen) atoms. The number of hydrogen-bond donors (Lipinski definition) is 3. The summed E-state index contributed by atoms with van der Waals surface area (Å²) in [5.74, 6) is -0.498.